The molecule has 1 aliphatic carbocycles. The molecule has 106 valence electrons. The molecule has 1 saturated carbocycles. The zero-order valence-corrected chi connectivity index (χ0v) is 11.8. The van der Waals surface area contributed by atoms with Crippen LogP contribution in [0, 0.1) is 0 Å². The van der Waals surface area contributed by atoms with Crippen LogP contribution < -0.4 is 10.5 Å². The van der Waals surface area contributed by atoms with E-state index in [2.05, 4.69) is 11.9 Å². The SMILES string of the molecule is CCC(N)c1ccc(OC2CCCC(OC)C2)cn1. The van der Waals surface area contributed by atoms with Crippen molar-refractivity contribution in [2.24, 2.45) is 5.73 Å². The third kappa shape index (κ3) is 3.91. The molecule has 4 nitrogen and oxygen atoms in total. The molecule has 0 saturated heterocycles. The molecule has 1 aliphatic rings. The van der Waals surface area contributed by atoms with Crippen LogP contribution in [0.3, 0.4) is 0 Å². The van der Waals surface area contributed by atoms with Crippen LogP contribution in [0.4, 0.5) is 0 Å². The first-order chi connectivity index (χ1) is 9.22. The molecule has 0 amide bonds. The van der Waals surface area contributed by atoms with E-state index in [9.17, 15) is 0 Å². The van der Waals surface area contributed by atoms with Crippen molar-refractivity contribution in [2.45, 2.75) is 57.3 Å². The number of aromatic nitrogens is 1. The molecule has 1 aromatic rings. The molecule has 0 spiro atoms. The fraction of sp³-hybridized carbons (Fsp3) is 0.667. The van der Waals surface area contributed by atoms with Gasteiger partial charge in [-0.25, -0.2) is 0 Å². The lowest BCUT2D eigenvalue weighted by atomic mass is 9.95. The van der Waals surface area contributed by atoms with Gasteiger partial charge in [-0.05, 0) is 37.8 Å². The number of nitrogens with zero attached hydrogens (tertiary/aromatic N) is 1. The first kappa shape index (κ1) is 14.3. The summed E-state index contributed by atoms with van der Waals surface area (Å²) in [4.78, 5) is 4.37. The van der Waals surface area contributed by atoms with Crippen molar-refractivity contribution >= 4 is 0 Å². The van der Waals surface area contributed by atoms with Gasteiger partial charge in [-0.1, -0.05) is 6.92 Å². The van der Waals surface area contributed by atoms with Crippen LogP contribution in [0.1, 0.15) is 50.8 Å². The Bertz CT molecular complexity index is 380. The molecule has 19 heavy (non-hydrogen) atoms. The van der Waals surface area contributed by atoms with E-state index < -0.39 is 0 Å². The van der Waals surface area contributed by atoms with E-state index in [0.717, 1.165) is 43.5 Å². The fourth-order valence-corrected chi connectivity index (χ4v) is 2.51. The molecular formula is C15H24N2O2. The standard InChI is InChI=1S/C15H24N2O2/c1-3-14(16)15-8-7-13(10-17-15)19-12-6-4-5-11(9-12)18-2/h7-8,10-12,14H,3-6,9,16H2,1-2H3. The predicted octanol–water partition coefficient (Wildman–Crippen LogP) is 2.83. The average Bonchev–Trinajstić information content (AvgIpc) is 2.47. The summed E-state index contributed by atoms with van der Waals surface area (Å²) in [5, 5.41) is 0. The Balaban J connectivity index is 1.92. The van der Waals surface area contributed by atoms with Gasteiger partial charge in [0.1, 0.15) is 11.9 Å². The van der Waals surface area contributed by atoms with Crippen LogP contribution >= 0.6 is 0 Å². The van der Waals surface area contributed by atoms with Crippen LogP contribution in [-0.2, 0) is 4.74 Å². The highest BCUT2D eigenvalue weighted by atomic mass is 16.5. The number of nitrogens with two attached hydrogens (primary N) is 1. The van der Waals surface area contributed by atoms with E-state index in [0.29, 0.717) is 6.10 Å². The molecule has 0 radical (unpaired) electrons. The normalized spacial score (nSPS) is 25.0. The molecule has 1 fully saturated rings. The minimum Gasteiger partial charge on any atom is -0.489 e. The monoisotopic (exact) mass is 264 g/mol. The second-order valence-electron chi connectivity index (χ2n) is 5.20. The molecule has 2 rings (SSSR count). The van der Waals surface area contributed by atoms with E-state index in [1.807, 2.05) is 12.1 Å². The van der Waals surface area contributed by atoms with Crippen LogP contribution in [0.25, 0.3) is 0 Å². The zero-order valence-electron chi connectivity index (χ0n) is 11.8. The van der Waals surface area contributed by atoms with Crippen molar-refractivity contribution < 1.29 is 9.47 Å². The maximum Gasteiger partial charge on any atom is 0.138 e. The first-order valence-corrected chi connectivity index (χ1v) is 7.14. The van der Waals surface area contributed by atoms with E-state index >= 15 is 0 Å². The van der Waals surface area contributed by atoms with Gasteiger partial charge in [-0.15, -0.1) is 0 Å². The van der Waals surface area contributed by atoms with Crippen molar-refractivity contribution in [3.05, 3.63) is 24.0 Å². The van der Waals surface area contributed by atoms with Crippen molar-refractivity contribution in [3.8, 4) is 5.75 Å². The fourth-order valence-electron chi connectivity index (χ4n) is 2.51. The highest BCUT2D eigenvalue weighted by Gasteiger charge is 2.23. The Kier molecular flexibility index (Phi) is 5.16. The van der Waals surface area contributed by atoms with Crippen molar-refractivity contribution in [1.82, 2.24) is 4.98 Å². The summed E-state index contributed by atoms with van der Waals surface area (Å²) in [6.07, 6.45) is 7.61. The number of ether oxygens (including phenoxy) is 2. The second kappa shape index (κ2) is 6.87. The smallest absolute Gasteiger partial charge is 0.138 e. The van der Waals surface area contributed by atoms with Crippen LogP contribution in [0.2, 0.25) is 0 Å². The highest BCUT2D eigenvalue weighted by molar-refractivity contribution is 5.21. The third-order valence-electron chi connectivity index (χ3n) is 3.79. The van der Waals surface area contributed by atoms with Crippen LogP contribution in [0.5, 0.6) is 5.75 Å². The van der Waals surface area contributed by atoms with Gasteiger partial charge in [0.2, 0.25) is 0 Å². The molecule has 3 unspecified atom stereocenters. The summed E-state index contributed by atoms with van der Waals surface area (Å²) in [5.74, 6) is 0.828. The topological polar surface area (TPSA) is 57.4 Å². The second-order valence-corrected chi connectivity index (χ2v) is 5.20. The van der Waals surface area contributed by atoms with Gasteiger partial charge in [0.15, 0.2) is 0 Å². The minimum atomic E-state index is 0.0154. The maximum atomic E-state index is 5.97. The Morgan fingerprint density at radius 1 is 1.37 bits per heavy atom. The first-order valence-electron chi connectivity index (χ1n) is 7.14. The van der Waals surface area contributed by atoms with Crippen LogP contribution in [0.15, 0.2) is 18.3 Å². The van der Waals surface area contributed by atoms with Crippen molar-refractivity contribution in [2.75, 3.05) is 7.11 Å². The van der Waals surface area contributed by atoms with Gasteiger partial charge >= 0.3 is 0 Å². The van der Waals surface area contributed by atoms with Gasteiger partial charge < -0.3 is 15.2 Å². The molecule has 1 heterocycles. The average molecular weight is 264 g/mol. The summed E-state index contributed by atoms with van der Waals surface area (Å²) < 4.78 is 11.4. The minimum absolute atomic E-state index is 0.0154. The molecular weight excluding hydrogens is 240 g/mol. The van der Waals surface area contributed by atoms with Gasteiger partial charge in [-0.3, -0.25) is 4.98 Å². The van der Waals surface area contributed by atoms with Crippen molar-refractivity contribution in [3.63, 3.8) is 0 Å². The number of methoxy groups -OCH3 is 1. The Morgan fingerprint density at radius 3 is 2.79 bits per heavy atom. The third-order valence-corrected chi connectivity index (χ3v) is 3.79. The zero-order chi connectivity index (χ0) is 13.7. The molecule has 4 heteroatoms. The number of hydrogen-bond acceptors (Lipinski definition) is 4. The van der Waals surface area contributed by atoms with E-state index in [1.165, 1.54) is 0 Å². The van der Waals surface area contributed by atoms with E-state index in [1.54, 1.807) is 13.3 Å². The summed E-state index contributed by atoms with van der Waals surface area (Å²) >= 11 is 0. The summed E-state index contributed by atoms with van der Waals surface area (Å²) in [5.41, 5.74) is 6.87. The Labute approximate surface area is 115 Å². The van der Waals surface area contributed by atoms with Gasteiger partial charge in [0, 0.05) is 19.6 Å². The van der Waals surface area contributed by atoms with E-state index in [-0.39, 0.29) is 12.1 Å². The number of hydrogen-bond donors (Lipinski definition) is 1. The molecule has 0 bridgehead atoms. The quantitative estimate of drug-likeness (QED) is 0.888. The van der Waals surface area contributed by atoms with E-state index in [4.69, 9.17) is 15.2 Å². The molecule has 3 atom stereocenters. The maximum absolute atomic E-state index is 5.97. The van der Waals surface area contributed by atoms with Crippen LogP contribution in [-0.4, -0.2) is 24.3 Å². The largest absolute Gasteiger partial charge is 0.489 e. The molecule has 2 N–H and O–H groups in total. The van der Waals surface area contributed by atoms with Gasteiger partial charge in [0.25, 0.3) is 0 Å². The van der Waals surface area contributed by atoms with Gasteiger partial charge in [-0.2, -0.15) is 0 Å². The molecule has 0 aromatic carbocycles. The lowest BCUT2D eigenvalue weighted by Crippen LogP contribution is -2.29. The highest BCUT2D eigenvalue weighted by Crippen LogP contribution is 2.25. The van der Waals surface area contributed by atoms with Gasteiger partial charge in [0.05, 0.1) is 18.0 Å². The predicted molar refractivity (Wildman–Crippen MR) is 75.1 cm³/mol. The lowest BCUT2D eigenvalue weighted by molar-refractivity contribution is 0.0208. The molecule has 0 aliphatic heterocycles. The number of pyridine rings is 1. The molecule has 1 aromatic heterocycles. The Morgan fingerprint density at radius 2 is 2.16 bits per heavy atom. The summed E-state index contributed by atoms with van der Waals surface area (Å²) in [7, 11) is 1.77. The number of rotatable bonds is 5. The Hall–Kier alpha value is -1.13. The summed E-state index contributed by atoms with van der Waals surface area (Å²) in [6.45, 7) is 2.06. The summed E-state index contributed by atoms with van der Waals surface area (Å²) in [6, 6.07) is 3.94. The van der Waals surface area contributed by atoms with Crippen molar-refractivity contribution in [1.29, 1.82) is 0 Å². The lowest BCUT2D eigenvalue weighted by Gasteiger charge is -2.28.